The highest BCUT2D eigenvalue weighted by atomic mass is 35.5. The highest BCUT2D eigenvalue weighted by molar-refractivity contribution is 6.34. The number of carboxylic acids is 1. The Labute approximate surface area is 122 Å². The number of hydrogen-bond acceptors (Lipinski definition) is 3. The molecule has 1 heterocycles. The Morgan fingerprint density at radius 2 is 2.00 bits per heavy atom. The molecule has 0 aliphatic carbocycles. The molecule has 1 aliphatic heterocycles. The predicted molar refractivity (Wildman–Crippen MR) is 77.5 cm³/mol. The van der Waals surface area contributed by atoms with Crippen LogP contribution in [0.3, 0.4) is 0 Å². The van der Waals surface area contributed by atoms with E-state index in [4.69, 9.17) is 11.6 Å². The second-order valence-electron chi connectivity index (χ2n) is 5.38. The number of anilines is 1. The second kappa shape index (κ2) is 4.98. The highest BCUT2D eigenvalue weighted by Gasteiger charge is 2.42. The summed E-state index contributed by atoms with van der Waals surface area (Å²) in [5.74, 6) is -1.11. The third kappa shape index (κ3) is 2.22. The van der Waals surface area contributed by atoms with Crippen LogP contribution in [0.2, 0.25) is 5.02 Å². The SMILES string of the molecule is CN1CCN(c2c(Cl)cccc2C(=O)O)C(C)(C)C1=O. The Hall–Kier alpha value is -1.75. The molecule has 6 heteroatoms. The maximum atomic E-state index is 12.3. The molecule has 1 N–H and O–H groups in total. The number of para-hydroxylation sites is 1. The van der Waals surface area contributed by atoms with E-state index in [0.717, 1.165) is 0 Å². The van der Waals surface area contributed by atoms with Gasteiger partial charge in [0.25, 0.3) is 0 Å². The number of carbonyl (C=O) groups is 2. The summed E-state index contributed by atoms with van der Waals surface area (Å²) >= 11 is 6.19. The van der Waals surface area contributed by atoms with E-state index in [1.54, 1.807) is 42.8 Å². The van der Waals surface area contributed by atoms with Crippen LogP contribution in [0.1, 0.15) is 24.2 Å². The molecule has 1 amide bonds. The molecule has 0 radical (unpaired) electrons. The minimum atomic E-state index is -1.05. The van der Waals surface area contributed by atoms with E-state index in [9.17, 15) is 14.7 Å². The monoisotopic (exact) mass is 296 g/mol. The van der Waals surface area contributed by atoms with Gasteiger partial charge in [-0.3, -0.25) is 4.79 Å². The molecule has 1 aliphatic rings. The average Bonchev–Trinajstić information content (AvgIpc) is 2.37. The molecule has 0 atom stereocenters. The van der Waals surface area contributed by atoms with E-state index in [-0.39, 0.29) is 11.5 Å². The van der Waals surface area contributed by atoms with Crippen LogP contribution in [-0.4, -0.2) is 47.6 Å². The van der Waals surface area contributed by atoms with Crippen molar-refractivity contribution in [1.82, 2.24) is 4.90 Å². The fraction of sp³-hybridized carbons (Fsp3) is 0.429. The Morgan fingerprint density at radius 3 is 2.60 bits per heavy atom. The quantitative estimate of drug-likeness (QED) is 0.908. The summed E-state index contributed by atoms with van der Waals surface area (Å²) in [7, 11) is 1.74. The summed E-state index contributed by atoms with van der Waals surface area (Å²) in [6, 6.07) is 4.74. The first-order valence-corrected chi connectivity index (χ1v) is 6.69. The van der Waals surface area contributed by atoms with Gasteiger partial charge in [0.2, 0.25) is 5.91 Å². The van der Waals surface area contributed by atoms with E-state index in [1.807, 2.05) is 0 Å². The average molecular weight is 297 g/mol. The molecule has 1 aromatic rings. The zero-order valence-corrected chi connectivity index (χ0v) is 12.4. The molecule has 1 fully saturated rings. The Morgan fingerprint density at radius 1 is 1.35 bits per heavy atom. The van der Waals surface area contributed by atoms with Crippen molar-refractivity contribution in [3.05, 3.63) is 28.8 Å². The Bertz CT molecular complexity index is 572. The van der Waals surface area contributed by atoms with Crippen molar-refractivity contribution in [2.75, 3.05) is 25.0 Å². The maximum absolute atomic E-state index is 12.3. The van der Waals surface area contributed by atoms with Crippen LogP contribution < -0.4 is 4.90 Å². The van der Waals surface area contributed by atoms with Crippen molar-refractivity contribution >= 4 is 29.2 Å². The van der Waals surface area contributed by atoms with Crippen molar-refractivity contribution in [3.8, 4) is 0 Å². The molecule has 2 rings (SSSR count). The summed E-state index contributed by atoms with van der Waals surface area (Å²) in [6.07, 6.45) is 0. The molecule has 20 heavy (non-hydrogen) atoms. The number of halogens is 1. The molecule has 0 bridgehead atoms. The lowest BCUT2D eigenvalue weighted by Gasteiger charge is -2.46. The highest BCUT2D eigenvalue weighted by Crippen LogP contribution is 2.36. The van der Waals surface area contributed by atoms with Crippen LogP contribution in [0.15, 0.2) is 18.2 Å². The fourth-order valence-electron chi connectivity index (χ4n) is 2.57. The van der Waals surface area contributed by atoms with Gasteiger partial charge in [-0.2, -0.15) is 0 Å². The van der Waals surface area contributed by atoms with Crippen molar-refractivity contribution in [1.29, 1.82) is 0 Å². The predicted octanol–water partition coefficient (Wildman–Crippen LogP) is 2.10. The van der Waals surface area contributed by atoms with E-state index in [0.29, 0.717) is 23.8 Å². The minimum absolute atomic E-state index is 0.0555. The first-order valence-electron chi connectivity index (χ1n) is 6.32. The molecule has 0 spiro atoms. The van der Waals surface area contributed by atoms with Gasteiger partial charge in [-0.05, 0) is 26.0 Å². The molecule has 0 unspecified atom stereocenters. The summed E-state index contributed by atoms with van der Waals surface area (Å²) in [4.78, 5) is 27.1. The van der Waals surface area contributed by atoms with Gasteiger partial charge >= 0.3 is 5.97 Å². The number of carboxylic acid groups (broad SMARTS) is 1. The Kier molecular flexibility index (Phi) is 3.65. The number of carbonyl (C=O) groups excluding carboxylic acids is 1. The van der Waals surface area contributed by atoms with E-state index in [2.05, 4.69) is 0 Å². The largest absolute Gasteiger partial charge is 0.478 e. The molecular formula is C14H17ClN2O3. The van der Waals surface area contributed by atoms with E-state index < -0.39 is 11.5 Å². The number of nitrogens with zero attached hydrogens (tertiary/aromatic N) is 2. The maximum Gasteiger partial charge on any atom is 0.337 e. The third-order valence-electron chi connectivity index (χ3n) is 3.69. The van der Waals surface area contributed by atoms with Crippen LogP contribution in [0.5, 0.6) is 0 Å². The van der Waals surface area contributed by atoms with Gasteiger partial charge in [-0.15, -0.1) is 0 Å². The van der Waals surface area contributed by atoms with Crippen LogP contribution in [0.4, 0.5) is 5.69 Å². The second-order valence-corrected chi connectivity index (χ2v) is 5.79. The number of likely N-dealkylation sites (N-methyl/N-ethyl adjacent to an activating group) is 1. The van der Waals surface area contributed by atoms with Crippen LogP contribution in [-0.2, 0) is 4.79 Å². The lowest BCUT2D eigenvalue weighted by atomic mass is 9.95. The minimum Gasteiger partial charge on any atom is -0.478 e. The van der Waals surface area contributed by atoms with Crippen molar-refractivity contribution in [2.45, 2.75) is 19.4 Å². The fourth-order valence-corrected chi connectivity index (χ4v) is 2.84. The van der Waals surface area contributed by atoms with Gasteiger partial charge in [0.15, 0.2) is 0 Å². The number of piperazine rings is 1. The van der Waals surface area contributed by atoms with Crippen molar-refractivity contribution in [2.24, 2.45) is 0 Å². The summed E-state index contributed by atoms with van der Waals surface area (Å²) in [5.41, 5.74) is -0.307. The smallest absolute Gasteiger partial charge is 0.337 e. The first kappa shape index (κ1) is 14.7. The van der Waals surface area contributed by atoms with Crippen molar-refractivity contribution in [3.63, 3.8) is 0 Å². The van der Waals surface area contributed by atoms with Gasteiger partial charge < -0.3 is 14.9 Å². The lowest BCUT2D eigenvalue weighted by molar-refractivity contribution is -0.136. The summed E-state index contributed by atoms with van der Waals surface area (Å²) < 4.78 is 0. The molecule has 5 nitrogen and oxygen atoms in total. The van der Waals surface area contributed by atoms with Crippen LogP contribution in [0, 0.1) is 0 Å². The number of amides is 1. The summed E-state index contributed by atoms with van der Waals surface area (Å²) in [6.45, 7) is 4.63. The molecular weight excluding hydrogens is 280 g/mol. The molecule has 1 saturated heterocycles. The van der Waals surface area contributed by atoms with Gasteiger partial charge in [-0.1, -0.05) is 17.7 Å². The van der Waals surface area contributed by atoms with Gasteiger partial charge in [0.1, 0.15) is 5.54 Å². The van der Waals surface area contributed by atoms with Crippen LogP contribution >= 0.6 is 11.6 Å². The molecule has 108 valence electrons. The first-order chi connectivity index (χ1) is 9.26. The normalized spacial score (nSPS) is 18.3. The number of aromatic carboxylic acids is 1. The number of benzene rings is 1. The third-order valence-corrected chi connectivity index (χ3v) is 4.00. The van der Waals surface area contributed by atoms with Crippen LogP contribution in [0.25, 0.3) is 0 Å². The molecule has 0 aromatic heterocycles. The molecule has 1 aromatic carbocycles. The number of rotatable bonds is 2. The molecule has 0 saturated carbocycles. The lowest BCUT2D eigenvalue weighted by Crippen LogP contribution is -2.62. The Balaban J connectivity index is 2.57. The van der Waals surface area contributed by atoms with Gasteiger partial charge in [0.05, 0.1) is 16.3 Å². The van der Waals surface area contributed by atoms with E-state index in [1.165, 1.54) is 6.07 Å². The summed E-state index contributed by atoms with van der Waals surface area (Å²) in [5, 5.41) is 9.67. The van der Waals surface area contributed by atoms with Gasteiger partial charge in [-0.25, -0.2) is 4.79 Å². The standard InChI is InChI=1S/C14H17ClN2O3/c1-14(2)13(20)16(3)7-8-17(14)11-9(12(18)19)5-4-6-10(11)15/h4-6H,7-8H2,1-3H3,(H,18,19). The zero-order chi connectivity index (χ0) is 15.1. The van der Waals surface area contributed by atoms with E-state index >= 15 is 0 Å². The number of hydrogen-bond donors (Lipinski definition) is 1. The topological polar surface area (TPSA) is 60.9 Å². The van der Waals surface area contributed by atoms with Gasteiger partial charge in [0, 0.05) is 20.1 Å². The van der Waals surface area contributed by atoms with Crippen molar-refractivity contribution < 1.29 is 14.7 Å². The zero-order valence-electron chi connectivity index (χ0n) is 11.7.